The standard InChI is InChI=1S/C22H27N3O2/c1-17-10-12-25(13-11-17)21-8-6-19(15-23-21)16-24-22(26)9-7-18-4-3-5-20(14-18)27-2/h3-9,14-15,17H,10-13,16H2,1-2H3,(H,24,26)/b9-7+. The molecule has 1 saturated heterocycles. The van der Waals surface area contributed by atoms with Crippen LogP contribution in [-0.2, 0) is 11.3 Å². The Morgan fingerprint density at radius 1 is 1.30 bits per heavy atom. The number of carbonyl (C=O) groups is 1. The van der Waals surface area contributed by atoms with E-state index in [0.29, 0.717) is 6.54 Å². The number of rotatable bonds is 6. The lowest BCUT2D eigenvalue weighted by atomic mass is 9.99. The van der Waals surface area contributed by atoms with Crippen molar-refractivity contribution in [2.24, 2.45) is 5.92 Å². The van der Waals surface area contributed by atoms with Gasteiger partial charge in [0.15, 0.2) is 0 Å². The molecule has 2 heterocycles. The highest BCUT2D eigenvalue weighted by Gasteiger charge is 2.16. The number of methoxy groups -OCH3 is 1. The van der Waals surface area contributed by atoms with Crippen LogP contribution in [0.3, 0.4) is 0 Å². The molecule has 0 saturated carbocycles. The van der Waals surface area contributed by atoms with Crippen molar-refractivity contribution in [2.75, 3.05) is 25.1 Å². The van der Waals surface area contributed by atoms with Gasteiger partial charge in [-0.25, -0.2) is 4.98 Å². The first kappa shape index (κ1) is 19.0. The second-order valence-electron chi connectivity index (χ2n) is 7.02. The molecule has 0 radical (unpaired) electrons. The maximum Gasteiger partial charge on any atom is 0.244 e. The van der Waals surface area contributed by atoms with E-state index >= 15 is 0 Å². The zero-order valence-corrected chi connectivity index (χ0v) is 16.0. The lowest BCUT2D eigenvalue weighted by Gasteiger charge is -2.31. The number of anilines is 1. The lowest BCUT2D eigenvalue weighted by Crippen LogP contribution is -2.33. The van der Waals surface area contributed by atoms with Crippen LogP contribution in [0.4, 0.5) is 5.82 Å². The summed E-state index contributed by atoms with van der Waals surface area (Å²) in [5, 5.41) is 2.89. The number of hydrogen-bond donors (Lipinski definition) is 1. The predicted molar refractivity (Wildman–Crippen MR) is 109 cm³/mol. The van der Waals surface area contributed by atoms with E-state index in [9.17, 15) is 4.79 Å². The largest absolute Gasteiger partial charge is 0.497 e. The fraction of sp³-hybridized carbons (Fsp3) is 0.364. The van der Waals surface area contributed by atoms with Crippen LogP contribution in [0.25, 0.3) is 6.08 Å². The zero-order chi connectivity index (χ0) is 19.1. The van der Waals surface area contributed by atoms with E-state index in [-0.39, 0.29) is 5.91 Å². The zero-order valence-electron chi connectivity index (χ0n) is 16.0. The highest BCUT2D eigenvalue weighted by Crippen LogP contribution is 2.21. The van der Waals surface area contributed by atoms with Crippen LogP contribution < -0.4 is 15.0 Å². The maximum atomic E-state index is 12.0. The Hall–Kier alpha value is -2.82. The minimum Gasteiger partial charge on any atom is -0.497 e. The number of carbonyl (C=O) groups excluding carboxylic acids is 1. The normalized spacial score (nSPS) is 15.1. The number of aromatic nitrogens is 1. The molecule has 1 aliphatic rings. The molecule has 0 aliphatic carbocycles. The fourth-order valence-corrected chi connectivity index (χ4v) is 3.11. The molecule has 5 nitrogen and oxygen atoms in total. The Morgan fingerprint density at radius 2 is 2.11 bits per heavy atom. The van der Waals surface area contributed by atoms with Gasteiger partial charge in [-0.3, -0.25) is 4.79 Å². The number of amides is 1. The van der Waals surface area contributed by atoms with Crippen LogP contribution in [0, 0.1) is 5.92 Å². The smallest absolute Gasteiger partial charge is 0.244 e. The summed E-state index contributed by atoms with van der Waals surface area (Å²) in [6.45, 7) is 4.91. The Bertz CT molecular complexity index is 778. The Morgan fingerprint density at radius 3 is 2.81 bits per heavy atom. The molecule has 0 spiro atoms. The van der Waals surface area contributed by atoms with Crippen molar-refractivity contribution < 1.29 is 9.53 Å². The number of ether oxygens (including phenoxy) is 1. The number of nitrogens with one attached hydrogen (secondary N) is 1. The van der Waals surface area contributed by atoms with Crippen molar-refractivity contribution in [3.05, 3.63) is 59.8 Å². The van der Waals surface area contributed by atoms with E-state index in [1.165, 1.54) is 18.9 Å². The molecule has 27 heavy (non-hydrogen) atoms. The molecule has 0 bridgehead atoms. The summed E-state index contributed by atoms with van der Waals surface area (Å²) in [7, 11) is 1.63. The highest BCUT2D eigenvalue weighted by atomic mass is 16.5. The third-order valence-corrected chi connectivity index (χ3v) is 4.90. The van der Waals surface area contributed by atoms with E-state index in [4.69, 9.17) is 4.74 Å². The minimum absolute atomic E-state index is 0.132. The summed E-state index contributed by atoms with van der Waals surface area (Å²) in [6.07, 6.45) is 7.60. The van der Waals surface area contributed by atoms with Gasteiger partial charge in [-0.05, 0) is 54.2 Å². The molecule has 1 fully saturated rings. The van der Waals surface area contributed by atoms with Crippen LogP contribution in [0.5, 0.6) is 5.75 Å². The molecule has 1 aromatic heterocycles. The summed E-state index contributed by atoms with van der Waals surface area (Å²) in [6, 6.07) is 11.7. The van der Waals surface area contributed by atoms with Crippen molar-refractivity contribution in [1.82, 2.24) is 10.3 Å². The van der Waals surface area contributed by atoms with Gasteiger partial charge in [0.25, 0.3) is 0 Å². The van der Waals surface area contributed by atoms with Gasteiger partial charge in [0.2, 0.25) is 5.91 Å². The third-order valence-electron chi connectivity index (χ3n) is 4.90. The van der Waals surface area contributed by atoms with Gasteiger partial charge in [0.1, 0.15) is 11.6 Å². The molecule has 3 rings (SSSR count). The summed E-state index contributed by atoms with van der Waals surface area (Å²) in [5.41, 5.74) is 1.92. The molecular weight excluding hydrogens is 338 g/mol. The first-order valence-electron chi connectivity index (χ1n) is 9.44. The summed E-state index contributed by atoms with van der Waals surface area (Å²) in [4.78, 5) is 18.9. The Kier molecular flexibility index (Phi) is 6.47. The van der Waals surface area contributed by atoms with Crippen LogP contribution in [0.2, 0.25) is 0 Å². The van der Waals surface area contributed by atoms with Gasteiger partial charge in [0.05, 0.1) is 7.11 Å². The van der Waals surface area contributed by atoms with Gasteiger partial charge in [-0.2, -0.15) is 0 Å². The number of benzene rings is 1. The van der Waals surface area contributed by atoms with E-state index < -0.39 is 0 Å². The fourth-order valence-electron chi connectivity index (χ4n) is 3.11. The van der Waals surface area contributed by atoms with Gasteiger partial charge in [0, 0.05) is 31.9 Å². The topological polar surface area (TPSA) is 54.5 Å². The van der Waals surface area contributed by atoms with Gasteiger partial charge >= 0.3 is 0 Å². The van der Waals surface area contributed by atoms with Gasteiger partial charge in [-0.15, -0.1) is 0 Å². The predicted octanol–water partition coefficient (Wildman–Crippen LogP) is 3.66. The molecule has 0 atom stereocenters. The van der Waals surface area contributed by atoms with E-state index in [0.717, 1.165) is 41.7 Å². The van der Waals surface area contributed by atoms with Crippen LogP contribution >= 0.6 is 0 Å². The van der Waals surface area contributed by atoms with Crippen molar-refractivity contribution in [2.45, 2.75) is 26.3 Å². The quantitative estimate of drug-likeness (QED) is 0.794. The first-order chi connectivity index (χ1) is 13.1. The lowest BCUT2D eigenvalue weighted by molar-refractivity contribution is -0.116. The van der Waals surface area contributed by atoms with Crippen LogP contribution in [0.1, 0.15) is 30.9 Å². The molecule has 1 aromatic carbocycles. The molecule has 142 valence electrons. The number of piperidine rings is 1. The van der Waals surface area contributed by atoms with Crippen molar-refractivity contribution in [1.29, 1.82) is 0 Å². The second kappa shape index (κ2) is 9.21. The van der Waals surface area contributed by atoms with Crippen molar-refractivity contribution in [3.8, 4) is 5.75 Å². The Balaban J connectivity index is 1.49. The van der Waals surface area contributed by atoms with Crippen LogP contribution in [-0.4, -0.2) is 31.1 Å². The van der Waals surface area contributed by atoms with E-state index in [1.807, 2.05) is 42.6 Å². The SMILES string of the molecule is COc1cccc(/C=C/C(=O)NCc2ccc(N3CCC(C)CC3)nc2)c1. The maximum absolute atomic E-state index is 12.0. The monoisotopic (exact) mass is 365 g/mol. The number of nitrogens with zero attached hydrogens (tertiary/aromatic N) is 2. The molecule has 1 N–H and O–H groups in total. The molecule has 1 amide bonds. The van der Waals surface area contributed by atoms with Gasteiger partial charge < -0.3 is 15.0 Å². The van der Waals surface area contributed by atoms with Crippen molar-refractivity contribution in [3.63, 3.8) is 0 Å². The third kappa shape index (κ3) is 5.58. The first-order valence-corrected chi connectivity index (χ1v) is 9.44. The highest BCUT2D eigenvalue weighted by molar-refractivity contribution is 5.91. The Labute approximate surface area is 161 Å². The second-order valence-corrected chi connectivity index (χ2v) is 7.02. The van der Waals surface area contributed by atoms with E-state index in [1.54, 1.807) is 13.2 Å². The van der Waals surface area contributed by atoms with Gasteiger partial charge in [-0.1, -0.05) is 25.1 Å². The summed E-state index contributed by atoms with van der Waals surface area (Å²) < 4.78 is 5.18. The summed E-state index contributed by atoms with van der Waals surface area (Å²) in [5.74, 6) is 2.47. The number of pyridine rings is 1. The molecule has 0 unspecified atom stereocenters. The molecule has 5 heteroatoms. The molecule has 1 aliphatic heterocycles. The molecule has 2 aromatic rings. The van der Waals surface area contributed by atoms with Crippen molar-refractivity contribution >= 4 is 17.8 Å². The molecular formula is C22H27N3O2. The summed E-state index contributed by atoms with van der Waals surface area (Å²) >= 11 is 0. The average molecular weight is 365 g/mol. The number of hydrogen-bond acceptors (Lipinski definition) is 4. The van der Waals surface area contributed by atoms with E-state index in [2.05, 4.69) is 22.1 Å². The minimum atomic E-state index is -0.132. The van der Waals surface area contributed by atoms with Crippen LogP contribution in [0.15, 0.2) is 48.7 Å². The average Bonchev–Trinajstić information content (AvgIpc) is 2.72.